The van der Waals surface area contributed by atoms with Crippen molar-refractivity contribution >= 4 is 5.97 Å². The van der Waals surface area contributed by atoms with Crippen LogP contribution in [0.1, 0.15) is 20.8 Å². The van der Waals surface area contributed by atoms with E-state index in [9.17, 15) is 18.0 Å². The minimum atomic E-state index is -4.37. The van der Waals surface area contributed by atoms with Crippen LogP contribution < -0.4 is 0 Å². The van der Waals surface area contributed by atoms with E-state index in [0.29, 0.717) is 0 Å². The molecule has 0 aromatic carbocycles. The highest BCUT2D eigenvalue weighted by Gasteiger charge is 2.62. The number of allylic oxidation sites excluding steroid dienone is 2. The molecule has 1 rings (SSSR count). The number of carboxylic acid groups (broad SMARTS) is 1. The summed E-state index contributed by atoms with van der Waals surface area (Å²) < 4.78 is 36.2. The van der Waals surface area contributed by atoms with Crippen LogP contribution in [-0.4, -0.2) is 17.3 Å². The molecule has 15 heavy (non-hydrogen) atoms. The predicted octanol–water partition coefficient (Wildman–Crippen LogP) is 2.85. The maximum Gasteiger partial charge on any atom is 0.409 e. The van der Waals surface area contributed by atoms with Crippen molar-refractivity contribution in [2.24, 2.45) is 17.3 Å². The Balaban J connectivity index is 2.85. The Bertz CT molecular complexity index is 315. The maximum atomic E-state index is 12.1. The van der Waals surface area contributed by atoms with Crippen LogP contribution >= 0.6 is 0 Å². The van der Waals surface area contributed by atoms with E-state index in [2.05, 4.69) is 0 Å². The maximum absolute atomic E-state index is 12.1. The van der Waals surface area contributed by atoms with E-state index in [1.165, 1.54) is 6.92 Å². The first-order chi connectivity index (χ1) is 6.57. The summed E-state index contributed by atoms with van der Waals surface area (Å²) in [7, 11) is 0. The first-order valence-corrected chi connectivity index (χ1v) is 4.56. The third kappa shape index (κ3) is 2.33. The number of hydrogen-bond acceptors (Lipinski definition) is 1. The van der Waals surface area contributed by atoms with E-state index < -0.39 is 29.4 Å². The quantitative estimate of drug-likeness (QED) is 0.729. The van der Waals surface area contributed by atoms with Gasteiger partial charge in [0.05, 0.1) is 5.92 Å². The minimum Gasteiger partial charge on any atom is -0.481 e. The summed E-state index contributed by atoms with van der Waals surface area (Å²) in [5, 5.41) is 8.80. The standard InChI is InChI=1S/C10H13F3O2/c1-5(4-10(11,12)13)6-7(8(14)15)9(6,2)3/h4,6-7H,1-3H3,(H,14,15)/t6-,7-/m0/s1. The van der Waals surface area contributed by atoms with Crippen LogP contribution in [0.15, 0.2) is 11.6 Å². The molecular weight excluding hydrogens is 209 g/mol. The number of alkyl halides is 3. The second-order valence-corrected chi connectivity index (χ2v) is 4.54. The minimum absolute atomic E-state index is 0.0971. The van der Waals surface area contributed by atoms with Gasteiger partial charge in [0.2, 0.25) is 0 Å². The Morgan fingerprint density at radius 3 is 2.07 bits per heavy atom. The molecule has 0 amide bonds. The van der Waals surface area contributed by atoms with E-state index in [1.54, 1.807) is 13.8 Å². The van der Waals surface area contributed by atoms with Gasteiger partial charge in [-0.05, 0) is 18.3 Å². The number of carbonyl (C=O) groups is 1. The van der Waals surface area contributed by atoms with Crippen molar-refractivity contribution < 1.29 is 23.1 Å². The van der Waals surface area contributed by atoms with Gasteiger partial charge in [-0.15, -0.1) is 0 Å². The van der Waals surface area contributed by atoms with Gasteiger partial charge in [0.15, 0.2) is 0 Å². The fourth-order valence-corrected chi connectivity index (χ4v) is 2.30. The van der Waals surface area contributed by atoms with Gasteiger partial charge in [0.1, 0.15) is 0 Å². The first kappa shape index (κ1) is 12.1. The van der Waals surface area contributed by atoms with Gasteiger partial charge < -0.3 is 5.11 Å². The monoisotopic (exact) mass is 222 g/mol. The van der Waals surface area contributed by atoms with Gasteiger partial charge in [-0.2, -0.15) is 13.2 Å². The first-order valence-electron chi connectivity index (χ1n) is 4.56. The zero-order valence-corrected chi connectivity index (χ0v) is 8.72. The Labute approximate surface area is 85.8 Å². The number of aliphatic carboxylic acids is 1. The Morgan fingerprint density at radius 2 is 1.80 bits per heavy atom. The average molecular weight is 222 g/mol. The normalized spacial score (nSPS) is 30.1. The van der Waals surface area contributed by atoms with Crippen LogP contribution in [0, 0.1) is 17.3 Å². The number of carboxylic acids is 1. The Kier molecular flexibility index (Phi) is 2.62. The molecule has 0 unspecified atom stereocenters. The van der Waals surface area contributed by atoms with Gasteiger partial charge in [0, 0.05) is 6.08 Å². The zero-order chi connectivity index (χ0) is 12.0. The fraction of sp³-hybridized carbons (Fsp3) is 0.700. The van der Waals surface area contributed by atoms with E-state index in [1.807, 2.05) is 0 Å². The van der Waals surface area contributed by atoms with Gasteiger partial charge in [0.25, 0.3) is 0 Å². The molecule has 0 bridgehead atoms. The van der Waals surface area contributed by atoms with Crippen molar-refractivity contribution in [3.05, 3.63) is 11.6 Å². The van der Waals surface area contributed by atoms with Crippen molar-refractivity contribution in [2.75, 3.05) is 0 Å². The molecule has 0 heterocycles. The van der Waals surface area contributed by atoms with Crippen LogP contribution in [0.5, 0.6) is 0 Å². The Morgan fingerprint density at radius 1 is 1.33 bits per heavy atom. The van der Waals surface area contributed by atoms with E-state index in [-0.39, 0.29) is 11.6 Å². The molecule has 2 atom stereocenters. The second-order valence-electron chi connectivity index (χ2n) is 4.54. The van der Waals surface area contributed by atoms with Crippen molar-refractivity contribution in [3.63, 3.8) is 0 Å². The van der Waals surface area contributed by atoms with Gasteiger partial charge >= 0.3 is 12.1 Å². The van der Waals surface area contributed by atoms with E-state index in [0.717, 1.165) is 0 Å². The molecule has 0 aromatic rings. The molecule has 1 aliphatic rings. The van der Waals surface area contributed by atoms with Crippen molar-refractivity contribution in [1.82, 2.24) is 0 Å². The third-order valence-electron chi connectivity index (χ3n) is 2.98. The molecule has 2 nitrogen and oxygen atoms in total. The molecule has 0 radical (unpaired) electrons. The van der Waals surface area contributed by atoms with Gasteiger partial charge in [-0.3, -0.25) is 4.79 Å². The Hall–Kier alpha value is -1.00. The topological polar surface area (TPSA) is 37.3 Å². The van der Waals surface area contributed by atoms with Crippen LogP contribution in [0.4, 0.5) is 13.2 Å². The van der Waals surface area contributed by atoms with Gasteiger partial charge in [-0.1, -0.05) is 19.4 Å². The second kappa shape index (κ2) is 3.25. The SMILES string of the molecule is CC(=CC(F)(F)F)[C@H]1[C@@H](C(=O)O)C1(C)C. The van der Waals surface area contributed by atoms with Crippen molar-refractivity contribution in [2.45, 2.75) is 26.9 Å². The summed E-state index contributed by atoms with van der Waals surface area (Å²) in [5.74, 6) is -2.23. The van der Waals surface area contributed by atoms with Crippen molar-refractivity contribution in [3.8, 4) is 0 Å². The van der Waals surface area contributed by atoms with Gasteiger partial charge in [-0.25, -0.2) is 0 Å². The lowest BCUT2D eigenvalue weighted by atomic mass is 10.0. The molecular formula is C10H13F3O2. The lowest BCUT2D eigenvalue weighted by Crippen LogP contribution is -2.05. The number of halogens is 3. The van der Waals surface area contributed by atoms with Crippen molar-refractivity contribution in [1.29, 1.82) is 0 Å². The molecule has 0 aromatic heterocycles. The molecule has 1 N–H and O–H groups in total. The highest BCUT2D eigenvalue weighted by atomic mass is 19.4. The summed E-state index contributed by atoms with van der Waals surface area (Å²) in [6.45, 7) is 4.68. The largest absolute Gasteiger partial charge is 0.481 e. The summed E-state index contributed by atoms with van der Waals surface area (Å²) in [4.78, 5) is 10.7. The highest BCUT2D eigenvalue weighted by Crippen LogP contribution is 2.61. The molecule has 0 saturated heterocycles. The lowest BCUT2D eigenvalue weighted by Gasteiger charge is -2.05. The number of hydrogen-bond donors (Lipinski definition) is 1. The van der Waals surface area contributed by atoms with Crippen LogP contribution in [0.25, 0.3) is 0 Å². The molecule has 1 saturated carbocycles. The highest BCUT2D eigenvalue weighted by molar-refractivity contribution is 5.76. The predicted molar refractivity (Wildman–Crippen MR) is 48.2 cm³/mol. The molecule has 0 spiro atoms. The lowest BCUT2D eigenvalue weighted by molar-refractivity contribution is -0.139. The third-order valence-corrected chi connectivity index (χ3v) is 2.98. The van der Waals surface area contributed by atoms with Crippen LogP contribution in [-0.2, 0) is 4.79 Å². The fourth-order valence-electron chi connectivity index (χ4n) is 2.30. The smallest absolute Gasteiger partial charge is 0.409 e. The summed E-state index contributed by atoms with van der Waals surface area (Å²) in [5.41, 5.74) is -0.475. The molecule has 1 fully saturated rings. The van der Waals surface area contributed by atoms with Crippen LogP contribution in [0.2, 0.25) is 0 Å². The number of rotatable bonds is 2. The summed E-state index contributed by atoms with van der Waals surface area (Å²) in [6.07, 6.45) is -4.17. The molecule has 86 valence electrons. The average Bonchev–Trinajstić information content (AvgIpc) is 2.49. The summed E-state index contributed by atoms with van der Waals surface area (Å²) >= 11 is 0. The molecule has 0 aliphatic heterocycles. The van der Waals surface area contributed by atoms with E-state index in [4.69, 9.17) is 5.11 Å². The summed E-state index contributed by atoms with van der Waals surface area (Å²) in [6, 6.07) is 0. The zero-order valence-electron chi connectivity index (χ0n) is 8.72. The molecule has 1 aliphatic carbocycles. The van der Waals surface area contributed by atoms with Crippen LogP contribution in [0.3, 0.4) is 0 Å². The molecule has 5 heteroatoms. The van der Waals surface area contributed by atoms with E-state index >= 15 is 0 Å².